The standard InChI is InChI=1S/C17H21N3O3S/c1-17(2,3)13-11-24-16(19-13)20-15(22)8-9-18-14(21)7-6-12-5-4-10-23-12/h4-7,10-11H,8-9H2,1-3H3,(H,18,21)(H,19,20,22)/b7-6+. The molecule has 24 heavy (non-hydrogen) atoms. The maximum absolute atomic E-state index is 11.9. The number of rotatable bonds is 6. The second-order valence-electron chi connectivity index (χ2n) is 6.23. The van der Waals surface area contributed by atoms with Gasteiger partial charge in [0.05, 0.1) is 12.0 Å². The first kappa shape index (κ1) is 17.9. The van der Waals surface area contributed by atoms with Crippen molar-refractivity contribution in [2.75, 3.05) is 11.9 Å². The highest BCUT2D eigenvalue weighted by atomic mass is 32.1. The van der Waals surface area contributed by atoms with Crippen molar-refractivity contribution in [1.29, 1.82) is 0 Å². The van der Waals surface area contributed by atoms with Gasteiger partial charge < -0.3 is 15.1 Å². The summed E-state index contributed by atoms with van der Waals surface area (Å²) in [5, 5.41) is 7.91. The van der Waals surface area contributed by atoms with Crippen LogP contribution in [0.2, 0.25) is 0 Å². The lowest BCUT2D eigenvalue weighted by atomic mass is 9.93. The average Bonchev–Trinajstić information content (AvgIpc) is 3.15. The second kappa shape index (κ2) is 7.92. The minimum atomic E-state index is -0.275. The van der Waals surface area contributed by atoms with Crippen molar-refractivity contribution in [2.24, 2.45) is 0 Å². The molecule has 6 nitrogen and oxygen atoms in total. The number of furan rings is 1. The first-order chi connectivity index (χ1) is 11.3. The summed E-state index contributed by atoms with van der Waals surface area (Å²) < 4.78 is 5.08. The lowest BCUT2D eigenvalue weighted by Gasteiger charge is -2.14. The molecule has 128 valence electrons. The highest BCUT2D eigenvalue weighted by Crippen LogP contribution is 2.26. The Hall–Kier alpha value is -2.41. The first-order valence-electron chi connectivity index (χ1n) is 7.60. The van der Waals surface area contributed by atoms with E-state index in [1.807, 2.05) is 5.38 Å². The number of aromatic nitrogens is 1. The molecule has 2 amide bonds. The molecule has 0 radical (unpaired) electrons. The molecule has 2 rings (SSSR count). The lowest BCUT2D eigenvalue weighted by Crippen LogP contribution is -2.26. The van der Waals surface area contributed by atoms with Crippen LogP contribution in [0.4, 0.5) is 5.13 Å². The van der Waals surface area contributed by atoms with Gasteiger partial charge in [-0.15, -0.1) is 11.3 Å². The molecule has 0 saturated heterocycles. The molecule has 0 unspecified atom stereocenters. The van der Waals surface area contributed by atoms with Crippen molar-refractivity contribution in [3.63, 3.8) is 0 Å². The van der Waals surface area contributed by atoms with E-state index in [4.69, 9.17) is 4.42 Å². The van der Waals surface area contributed by atoms with E-state index >= 15 is 0 Å². The SMILES string of the molecule is CC(C)(C)c1csc(NC(=O)CCNC(=O)/C=C/c2ccco2)n1. The summed E-state index contributed by atoms with van der Waals surface area (Å²) in [6.45, 7) is 6.46. The van der Waals surface area contributed by atoms with Crippen molar-refractivity contribution in [2.45, 2.75) is 32.6 Å². The molecule has 2 N–H and O–H groups in total. The molecule has 7 heteroatoms. The fourth-order valence-electron chi connectivity index (χ4n) is 1.76. The van der Waals surface area contributed by atoms with Gasteiger partial charge in [0.1, 0.15) is 5.76 Å². The Morgan fingerprint density at radius 2 is 2.17 bits per heavy atom. The Morgan fingerprint density at radius 3 is 2.79 bits per heavy atom. The summed E-state index contributed by atoms with van der Waals surface area (Å²) in [6.07, 6.45) is 4.66. The Kier molecular flexibility index (Phi) is 5.92. The minimum absolute atomic E-state index is 0.0478. The number of hydrogen-bond donors (Lipinski definition) is 2. The van der Waals surface area contributed by atoms with Crippen molar-refractivity contribution >= 4 is 34.4 Å². The van der Waals surface area contributed by atoms with E-state index in [1.165, 1.54) is 23.7 Å². The topological polar surface area (TPSA) is 84.2 Å². The van der Waals surface area contributed by atoms with Gasteiger partial charge in [0.2, 0.25) is 11.8 Å². The van der Waals surface area contributed by atoms with E-state index in [-0.39, 0.29) is 30.2 Å². The lowest BCUT2D eigenvalue weighted by molar-refractivity contribution is -0.117. The van der Waals surface area contributed by atoms with Crippen LogP contribution in [-0.2, 0) is 15.0 Å². The van der Waals surface area contributed by atoms with Crippen molar-refractivity contribution in [3.8, 4) is 0 Å². The van der Waals surface area contributed by atoms with Gasteiger partial charge in [0.25, 0.3) is 0 Å². The molecule has 0 spiro atoms. The number of nitrogens with one attached hydrogen (secondary N) is 2. The third-order valence-electron chi connectivity index (χ3n) is 3.11. The van der Waals surface area contributed by atoms with Crippen molar-refractivity contribution in [1.82, 2.24) is 10.3 Å². The van der Waals surface area contributed by atoms with Gasteiger partial charge in [-0.3, -0.25) is 9.59 Å². The van der Waals surface area contributed by atoms with Gasteiger partial charge in [-0.25, -0.2) is 4.98 Å². The molecule has 2 aromatic heterocycles. The van der Waals surface area contributed by atoms with Crippen LogP contribution < -0.4 is 10.6 Å². The molecule has 0 aliphatic heterocycles. The minimum Gasteiger partial charge on any atom is -0.465 e. The molecule has 0 aliphatic carbocycles. The quantitative estimate of drug-likeness (QED) is 0.786. The Morgan fingerprint density at radius 1 is 1.38 bits per heavy atom. The van der Waals surface area contributed by atoms with Crippen LogP contribution in [-0.4, -0.2) is 23.3 Å². The molecule has 2 aromatic rings. The van der Waals surface area contributed by atoms with E-state index in [9.17, 15) is 9.59 Å². The summed E-state index contributed by atoms with van der Waals surface area (Å²) in [5.74, 6) is 0.143. The van der Waals surface area contributed by atoms with Gasteiger partial charge in [-0.1, -0.05) is 20.8 Å². The van der Waals surface area contributed by atoms with Crippen LogP contribution in [0.3, 0.4) is 0 Å². The normalized spacial score (nSPS) is 11.6. The summed E-state index contributed by atoms with van der Waals surface area (Å²) in [6, 6.07) is 3.49. The molecule has 0 bridgehead atoms. The number of amides is 2. The van der Waals surface area contributed by atoms with Gasteiger partial charge in [-0.05, 0) is 18.2 Å². The van der Waals surface area contributed by atoms with E-state index in [0.717, 1.165) is 5.69 Å². The predicted octanol–water partition coefficient (Wildman–Crippen LogP) is 3.19. The number of hydrogen-bond acceptors (Lipinski definition) is 5. The predicted molar refractivity (Wildman–Crippen MR) is 94.8 cm³/mol. The van der Waals surface area contributed by atoms with Crippen LogP contribution in [0.25, 0.3) is 6.08 Å². The largest absolute Gasteiger partial charge is 0.465 e. The zero-order valence-corrected chi connectivity index (χ0v) is 14.8. The van der Waals surface area contributed by atoms with Gasteiger partial charge in [0.15, 0.2) is 5.13 Å². The average molecular weight is 347 g/mol. The van der Waals surface area contributed by atoms with Crippen LogP contribution in [0.1, 0.15) is 38.6 Å². The Labute approximate surface area is 145 Å². The zero-order chi connectivity index (χ0) is 17.6. The molecule has 0 atom stereocenters. The number of anilines is 1. The summed E-state index contributed by atoms with van der Waals surface area (Å²) >= 11 is 1.40. The Bertz CT molecular complexity index is 712. The maximum Gasteiger partial charge on any atom is 0.244 e. The summed E-state index contributed by atoms with van der Waals surface area (Å²) in [7, 11) is 0. The van der Waals surface area contributed by atoms with E-state index in [0.29, 0.717) is 10.9 Å². The van der Waals surface area contributed by atoms with Crippen LogP contribution in [0.5, 0.6) is 0 Å². The summed E-state index contributed by atoms with van der Waals surface area (Å²) in [4.78, 5) is 27.9. The van der Waals surface area contributed by atoms with Gasteiger partial charge in [-0.2, -0.15) is 0 Å². The number of carbonyl (C=O) groups is 2. The summed E-state index contributed by atoms with van der Waals surface area (Å²) in [5.41, 5.74) is 0.896. The van der Waals surface area contributed by atoms with Crippen LogP contribution >= 0.6 is 11.3 Å². The van der Waals surface area contributed by atoms with Gasteiger partial charge >= 0.3 is 0 Å². The number of nitrogens with zero attached hydrogens (tertiary/aromatic N) is 1. The number of thiazole rings is 1. The monoisotopic (exact) mass is 347 g/mol. The van der Waals surface area contributed by atoms with Gasteiger partial charge in [0, 0.05) is 29.8 Å². The number of carbonyl (C=O) groups excluding carboxylic acids is 2. The zero-order valence-electron chi connectivity index (χ0n) is 14.0. The fourth-order valence-corrected chi connectivity index (χ4v) is 2.71. The molecular formula is C17H21N3O3S. The molecule has 0 aliphatic rings. The van der Waals surface area contributed by atoms with E-state index < -0.39 is 0 Å². The maximum atomic E-state index is 11.9. The molecule has 0 aromatic carbocycles. The third kappa shape index (κ3) is 5.66. The molecule has 0 fully saturated rings. The van der Waals surface area contributed by atoms with E-state index in [1.54, 1.807) is 18.2 Å². The second-order valence-corrected chi connectivity index (χ2v) is 7.08. The highest BCUT2D eigenvalue weighted by molar-refractivity contribution is 7.13. The van der Waals surface area contributed by atoms with Crippen LogP contribution in [0, 0.1) is 0 Å². The Balaban J connectivity index is 1.71. The van der Waals surface area contributed by atoms with Crippen molar-refractivity contribution in [3.05, 3.63) is 41.3 Å². The molecule has 2 heterocycles. The third-order valence-corrected chi connectivity index (χ3v) is 3.87. The fraction of sp³-hybridized carbons (Fsp3) is 0.353. The first-order valence-corrected chi connectivity index (χ1v) is 8.48. The van der Waals surface area contributed by atoms with Crippen molar-refractivity contribution < 1.29 is 14.0 Å². The smallest absolute Gasteiger partial charge is 0.244 e. The van der Waals surface area contributed by atoms with E-state index in [2.05, 4.69) is 36.4 Å². The van der Waals surface area contributed by atoms with Crippen LogP contribution in [0.15, 0.2) is 34.3 Å². The molecular weight excluding hydrogens is 326 g/mol. The highest BCUT2D eigenvalue weighted by Gasteiger charge is 2.18. The molecule has 0 saturated carbocycles.